The molecule has 1 rings (SSSR count). The van der Waals surface area contributed by atoms with Crippen molar-refractivity contribution < 1.29 is 19.2 Å². The highest BCUT2D eigenvalue weighted by Gasteiger charge is 2.16. The van der Waals surface area contributed by atoms with Crippen molar-refractivity contribution in [3.63, 3.8) is 0 Å². The number of carbonyl (C=O) groups excluding carboxylic acids is 1. The van der Waals surface area contributed by atoms with Gasteiger partial charge in [0.2, 0.25) is 0 Å². The van der Waals surface area contributed by atoms with Gasteiger partial charge in [-0.3, -0.25) is 14.9 Å². The van der Waals surface area contributed by atoms with Crippen molar-refractivity contribution in [2.75, 3.05) is 19.5 Å². The van der Waals surface area contributed by atoms with Crippen LogP contribution in [0.1, 0.15) is 18.9 Å². The second kappa shape index (κ2) is 6.99. The minimum absolute atomic E-state index is 0.0628. The number of carbonyl (C=O) groups is 1. The Hall–Kier alpha value is -2.75. The van der Waals surface area contributed by atoms with Gasteiger partial charge in [-0.25, -0.2) is 0 Å². The van der Waals surface area contributed by atoms with E-state index in [0.29, 0.717) is 0 Å². The topological polar surface area (TPSA) is 105 Å². The molecule has 0 saturated heterocycles. The number of methoxy groups -OCH3 is 1. The Kier molecular flexibility index (Phi) is 5.35. The average molecular weight is 278 g/mol. The zero-order valence-electron chi connectivity index (χ0n) is 11.1. The van der Waals surface area contributed by atoms with Crippen LogP contribution in [0.4, 0.5) is 11.4 Å². The molecular weight excluding hydrogens is 264 g/mol. The van der Waals surface area contributed by atoms with Gasteiger partial charge in [0.1, 0.15) is 17.9 Å². The lowest BCUT2D eigenvalue weighted by Gasteiger charge is -2.04. The van der Waals surface area contributed by atoms with Crippen LogP contribution < -0.4 is 10.5 Å². The van der Waals surface area contributed by atoms with Gasteiger partial charge in [-0.15, -0.1) is 0 Å². The van der Waals surface area contributed by atoms with Gasteiger partial charge in [-0.2, -0.15) is 0 Å². The third-order valence-corrected chi connectivity index (χ3v) is 2.33. The molecule has 0 aliphatic carbocycles. The molecule has 1 aromatic carbocycles. The molecule has 7 heteroatoms. The van der Waals surface area contributed by atoms with Crippen molar-refractivity contribution in [3.05, 3.63) is 27.8 Å². The average Bonchev–Trinajstić information content (AvgIpc) is 2.40. The minimum atomic E-state index is -0.617. The van der Waals surface area contributed by atoms with E-state index in [4.69, 9.17) is 15.2 Å². The van der Waals surface area contributed by atoms with Crippen molar-refractivity contribution in [3.8, 4) is 17.6 Å². The Morgan fingerprint density at radius 3 is 2.75 bits per heavy atom. The van der Waals surface area contributed by atoms with Gasteiger partial charge in [-0.05, 0) is 13.0 Å². The predicted octanol–water partition coefficient (Wildman–Crippen LogP) is 1.49. The number of nitro benzene ring substituents is 1. The number of hydrogen-bond donors (Lipinski definition) is 1. The van der Waals surface area contributed by atoms with E-state index in [1.54, 1.807) is 6.92 Å². The van der Waals surface area contributed by atoms with Gasteiger partial charge in [0.15, 0.2) is 0 Å². The number of ether oxygens (including phenoxy) is 2. The summed E-state index contributed by atoms with van der Waals surface area (Å²) in [6, 6.07) is 2.69. The molecule has 0 atom stereocenters. The molecule has 20 heavy (non-hydrogen) atoms. The molecule has 7 nitrogen and oxygen atoms in total. The van der Waals surface area contributed by atoms with Crippen LogP contribution in [-0.4, -0.2) is 24.6 Å². The van der Waals surface area contributed by atoms with Gasteiger partial charge in [0.05, 0.1) is 30.3 Å². The first-order chi connectivity index (χ1) is 9.49. The molecule has 1 aromatic rings. The van der Waals surface area contributed by atoms with E-state index in [0.717, 1.165) is 0 Å². The zero-order valence-corrected chi connectivity index (χ0v) is 11.1. The fraction of sp³-hybridized carbons (Fsp3) is 0.308. The third-order valence-electron chi connectivity index (χ3n) is 2.33. The molecule has 0 aliphatic heterocycles. The fourth-order valence-corrected chi connectivity index (χ4v) is 1.41. The van der Waals surface area contributed by atoms with E-state index in [1.807, 2.05) is 0 Å². The largest absolute Gasteiger partial charge is 0.496 e. The molecule has 0 saturated carbocycles. The first-order valence-electron chi connectivity index (χ1n) is 5.76. The van der Waals surface area contributed by atoms with E-state index in [2.05, 4.69) is 11.8 Å². The summed E-state index contributed by atoms with van der Waals surface area (Å²) in [5.74, 6) is 4.98. The Balaban J connectivity index is 3.06. The van der Waals surface area contributed by atoms with Crippen LogP contribution in [0, 0.1) is 22.0 Å². The lowest BCUT2D eigenvalue weighted by atomic mass is 10.1. The lowest BCUT2D eigenvalue weighted by Crippen LogP contribution is -2.02. The minimum Gasteiger partial charge on any atom is -0.496 e. The maximum atomic E-state index is 11.1. The summed E-state index contributed by atoms with van der Waals surface area (Å²) in [6.45, 7) is 1.96. The van der Waals surface area contributed by atoms with Crippen LogP contribution in [0.2, 0.25) is 0 Å². The van der Waals surface area contributed by atoms with Crippen molar-refractivity contribution in [1.29, 1.82) is 0 Å². The highest BCUT2D eigenvalue weighted by Crippen LogP contribution is 2.30. The van der Waals surface area contributed by atoms with E-state index in [9.17, 15) is 14.9 Å². The maximum absolute atomic E-state index is 11.1. The second-order valence-electron chi connectivity index (χ2n) is 3.65. The SMILES string of the molecule is CCOC(=O)CC#Cc1cc(OC)cc([N+](=O)[O-])c1N. The Labute approximate surface area is 115 Å². The summed E-state index contributed by atoms with van der Waals surface area (Å²) in [6.07, 6.45) is -0.113. The summed E-state index contributed by atoms with van der Waals surface area (Å²) >= 11 is 0. The number of anilines is 1. The molecule has 2 N–H and O–H groups in total. The molecule has 0 amide bonds. The Bertz CT molecular complexity index is 586. The number of hydrogen-bond acceptors (Lipinski definition) is 6. The molecule has 0 bridgehead atoms. The van der Waals surface area contributed by atoms with Crippen LogP contribution >= 0.6 is 0 Å². The molecule has 0 unspecified atom stereocenters. The monoisotopic (exact) mass is 278 g/mol. The van der Waals surface area contributed by atoms with Crippen LogP contribution in [0.3, 0.4) is 0 Å². The molecule has 0 fully saturated rings. The van der Waals surface area contributed by atoms with E-state index in [1.165, 1.54) is 19.2 Å². The first kappa shape index (κ1) is 15.3. The van der Waals surface area contributed by atoms with Crippen molar-refractivity contribution in [2.45, 2.75) is 13.3 Å². The molecule has 0 spiro atoms. The van der Waals surface area contributed by atoms with Gasteiger partial charge < -0.3 is 15.2 Å². The van der Waals surface area contributed by atoms with Crippen LogP contribution in [0.15, 0.2) is 12.1 Å². The number of nitrogens with two attached hydrogens (primary N) is 1. The normalized spacial score (nSPS) is 9.30. The molecular formula is C13H14N2O5. The Morgan fingerprint density at radius 1 is 1.50 bits per heavy atom. The van der Waals surface area contributed by atoms with Crippen molar-refractivity contribution in [1.82, 2.24) is 0 Å². The van der Waals surface area contributed by atoms with Crippen LogP contribution in [-0.2, 0) is 9.53 Å². The second-order valence-corrected chi connectivity index (χ2v) is 3.65. The van der Waals surface area contributed by atoms with Gasteiger partial charge in [-0.1, -0.05) is 11.8 Å². The van der Waals surface area contributed by atoms with E-state index < -0.39 is 10.9 Å². The third kappa shape index (κ3) is 3.88. The number of nitro groups is 1. The predicted molar refractivity (Wildman–Crippen MR) is 72.2 cm³/mol. The quantitative estimate of drug-likeness (QED) is 0.294. The molecule has 0 radical (unpaired) electrons. The van der Waals surface area contributed by atoms with Crippen LogP contribution in [0.25, 0.3) is 0 Å². The zero-order chi connectivity index (χ0) is 15.1. The first-order valence-corrected chi connectivity index (χ1v) is 5.76. The summed E-state index contributed by atoms with van der Waals surface area (Å²) < 4.78 is 9.66. The molecule has 106 valence electrons. The number of benzene rings is 1. The van der Waals surface area contributed by atoms with E-state index >= 15 is 0 Å². The summed E-state index contributed by atoms with van der Waals surface area (Å²) in [5.41, 5.74) is 5.55. The highest BCUT2D eigenvalue weighted by molar-refractivity contribution is 5.74. The van der Waals surface area contributed by atoms with Crippen molar-refractivity contribution in [2.24, 2.45) is 0 Å². The fourth-order valence-electron chi connectivity index (χ4n) is 1.41. The van der Waals surface area contributed by atoms with Crippen molar-refractivity contribution >= 4 is 17.3 Å². The summed E-state index contributed by atoms with van der Waals surface area (Å²) in [5, 5.41) is 10.9. The number of rotatable bonds is 4. The van der Waals surface area contributed by atoms with E-state index in [-0.39, 0.29) is 35.7 Å². The van der Waals surface area contributed by atoms with Gasteiger partial charge in [0, 0.05) is 0 Å². The number of esters is 1. The van der Waals surface area contributed by atoms with Gasteiger partial charge >= 0.3 is 5.97 Å². The summed E-state index contributed by atoms with van der Waals surface area (Å²) in [7, 11) is 1.38. The maximum Gasteiger partial charge on any atom is 0.317 e. The number of nitrogens with zero attached hydrogens (tertiary/aromatic N) is 1. The van der Waals surface area contributed by atoms with Crippen LogP contribution in [0.5, 0.6) is 5.75 Å². The highest BCUT2D eigenvalue weighted by atomic mass is 16.6. The Morgan fingerprint density at radius 2 is 2.20 bits per heavy atom. The lowest BCUT2D eigenvalue weighted by molar-refractivity contribution is -0.384. The number of nitrogen functional groups attached to an aromatic ring is 1. The van der Waals surface area contributed by atoms with Gasteiger partial charge in [0.25, 0.3) is 5.69 Å². The smallest absolute Gasteiger partial charge is 0.317 e. The standard InChI is InChI=1S/C13H14N2O5/c1-3-20-12(16)6-4-5-9-7-10(19-2)8-11(13(9)14)15(17)18/h7-8H,3,6,14H2,1-2H3. The summed E-state index contributed by atoms with van der Waals surface area (Å²) in [4.78, 5) is 21.4. The molecule has 0 heterocycles. The molecule has 0 aliphatic rings. The molecule has 0 aromatic heterocycles.